The highest BCUT2D eigenvalue weighted by Crippen LogP contribution is 2.25. The zero-order valence-electron chi connectivity index (χ0n) is 15.0. The van der Waals surface area contributed by atoms with E-state index in [4.69, 9.17) is 0 Å². The Balaban J connectivity index is 1.93. The van der Waals surface area contributed by atoms with E-state index in [9.17, 15) is 29.1 Å². The van der Waals surface area contributed by atoms with Gasteiger partial charge in [0, 0.05) is 55.5 Å². The third-order valence-electron chi connectivity index (χ3n) is 4.12. The molecule has 0 heterocycles. The lowest BCUT2D eigenvalue weighted by Crippen LogP contribution is -2.30. The van der Waals surface area contributed by atoms with Crippen LogP contribution in [-0.4, -0.2) is 52.1 Å². The lowest BCUT2D eigenvalue weighted by molar-refractivity contribution is -0.385. The monoisotopic (exact) mass is 381 g/mol. The Kier molecular flexibility index (Phi) is 6.65. The first-order valence-electron chi connectivity index (χ1n) is 8.17. The average molecular weight is 381 g/mol. The van der Waals surface area contributed by atoms with Gasteiger partial charge in [-0.1, -0.05) is 0 Å². The van der Waals surface area contributed by atoms with Crippen LogP contribution in [-0.2, 0) is 13.1 Å². The van der Waals surface area contributed by atoms with Crippen molar-refractivity contribution in [1.29, 1.82) is 0 Å². The molecule has 0 amide bonds. The molecule has 0 atom stereocenters. The van der Waals surface area contributed by atoms with Crippen LogP contribution in [0.2, 0.25) is 0 Å². The number of likely N-dealkylation sites (N-methyl/N-ethyl adjacent to an activating group) is 2. The number of nitrogens with zero attached hydrogens (tertiary/aromatic N) is 3. The van der Waals surface area contributed by atoms with Crippen molar-refractivity contribution in [2.24, 2.45) is 0 Å². The van der Waals surface area contributed by atoms with Crippen LogP contribution < -0.4 is 0 Å². The van der Waals surface area contributed by atoms with Crippen LogP contribution in [0.5, 0.6) is 11.5 Å². The maximum Gasteiger partial charge on any atom is 0.270 e. The zero-order chi connectivity index (χ0) is 20.1. The molecule has 9 heteroatoms. The normalized spacial score (nSPS) is 11.3. The van der Waals surface area contributed by atoms with E-state index in [0.29, 0.717) is 31.3 Å². The second-order valence-electron chi connectivity index (χ2n) is 6.44. The molecule has 2 aromatic carbocycles. The molecule has 2 N–H and O–H groups in total. The lowest BCUT2D eigenvalue weighted by Gasteiger charge is -2.22. The van der Waals surface area contributed by atoms with Crippen LogP contribution in [0.4, 0.5) is 14.5 Å². The molecule has 0 saturated heterocycles. The van der Waals surface area contributed by atoms with Crippen LogP contribution in [0.3, 0.4) is 0 Å². The maximum absolute atomic E-state index is 13.4. The molecule has 0 saturated carbocycles. The van der Waals surface area contributed by atoms with E-state index >= 15 is 0 Å². The third kappa shape index (κ3) is 5.60. The second kappa shape index (κ2) is 8.74. The van der Waals surface area contributed by atoms with Gasteiger partial charge < -0.3 is 20.0 Å². The molecule has 0 aliphatic heterocycles. The molecule has 0 bridgehead atoms. The molecule has 2 aromatic rings. The molecule has 0 fully saturated rings. The van der Waals surface area contributed by atoms with Crippen molar-refractivity contribution in [3.05, 3.63) is 63.2 Å². The largest absolute Gasteiger partial charge is 0.508 e. The number of benzene rings is 2. The fraction of sp³-hybridized carbons (Fsp3) is 0.333. The van der Waals surface area contributed by atoms with Crippen molar-refractivity contribution >= 4 is 5.69 Å². The third-order valence-corrected chi connectivity index (χ3v) is 4.12. The number of hydrogen-bond acceptors (Lipinski definition) is 6. The van der Waals surface area contributed by atoms with Crippen LogP contribution in [0.25, 0.3) is 0 Å². The number of hydrogen-bond donors (Lipinski definition) is 2. The van der Waals surface area contributed by atoms with Crippen LogP contribution >= 0.6 is 0 Å². The lowest BCUT2D eigenvalue weighted by atomic mass is 10.1. The van der Waals surface area contributed by atoms with Gasteiger partial charge in [0.2, 0.25) is 0 Å². The molecular formula is C18H21F2N3O4. The Bertz CT molecular complexity index is 832. The topological polar surface area (TPSA) is 90.1 Å². The number of halogens is 2. The first-order valence-corrected chi connectivity index (χ1v) is 8.17. The summed E-state index contributed by atoms with van der Waals surface area (Å²) < 4.78 is 26.7. The maximum atomic E-state index is 13.4. The minimum Gasteiger partial charge on any atom is -0.508 e. The summed E-state index contributed by atoms with van der Waals surface area (Å²) in [5.41, 5.74) is 0.477. The van der Waals surface area contributed by atoms with Crippen molar-refractivity contribution < 1.29 is 23.9 Å². The molecule has 0 spiro atoms. The summed E-state index contributed by atoms with van der Waals surface area (Å²) in [5.74, 6) is -2.36. The Morgan fingerprint density at radius 3 is 2.19 bits per heavy atom. The van der Waals surface area contributed by atoms with E-state index in [1.807, 2.05) is 4.90 Å². The van der Waals surface area contributed by atoms with E-state index in [1.165, 1.54) is 18.2 Å². The Morgan fingerprint density at radius 2 is 1.59 bits per heavy atom. The minimum absolute atomic E-state index is 0.0269. The highest BCUT2D eigenvalue weighted by atomic mass is 19.1. The summed E-state index contributed by atoms with van der Waals surface area (Å²) in [6.07, 6.45) is 0. The highest BCUT2D eigenvalue weighted by molar-refractivity contribution is 5.42. The summed E-state index contributed by atoms with van der Waals surface area (Å²) >= 11 is 0. The summed E-state index contributed by atoms with van der Waals surface area (Å²) in [6, 6.07) is 5.55. The predicted octanol–water partition coefficient (Wildman–Crippen LogP) is 2.85. The van der Waals surface area contributed by atoms with Crippen molar-refractivity contribution in [1.82, 2.24) is 9.80 Å². The van der Waals surface area contributed by atoms with E-state index in [0.717, 1.165) is 6.07 Å². The fourth-order valence-corrected chi connectivity index (χ4v) is 2.63. The van der Waals surface area contributed by atoms with E-state index < -0.39 is 22.3 Å². The Morgan fingerprint density at radius 1 is 1.00 bits per heavy atom. The van der Waals surface area contributed by atoms with E-state index in [-0.39, 0.29) is 23.5 Å². The van der Waals surface area contributed by atoms with Gasteiger partial charge in [-0.3, -0.25) is 10.1 Å². The molecule has 27 heavy (non-hydrogen) atoms. The molecule has 146 valence electrons. The van der Waals surface area contributed by atoms with Gasteiger partial charge in [-0.15, -0.1) is 0 Å². The van der Waals surface area contributed by atoms with Crippen molar-refractivity contribution in [3.8, 4) is 11.5 Å². The number of rotatable bonds is 8. The molecule has 2 rings (SSSR count). The number of phenols is 2. The SMILES string of the molecule is CN(CCN(C)Cc1cc(F)cc(F)c1O)Cc1cc([N+](=O)[O-])ccc1O. The first kappa shape index (κ1) is 20.5. The molecule has 7 nitrogen and oxygen atoms in total. The highest BCUT2D eigenvalue weighted by Gasteiger charge is 2.14. The standard InChI is InChI=1S/C18H21F2N3O4/c1-21(10-12-8-15(23(26)27)3-4-17(12)24)5-6-22(2)11-13-7-14(19)9-16(20)18(13)25/h3-4,7-9,24-25H,5-6,10-11H2,1-2H3. The summed E-state index contributed by atoms with van der Waals surface area (Å²) in [7, 11) is 3.52. The number of nitro benzene ring substituents is 1. The first-order chi connectivity index (χ1) is 12.7. The smallest absolute Gasteiger partial charge is 0.270 e. The number of phenolic OH excluding ortho intramolecular Hbond substituents is 2. The van der Waals surface area contributed by atoms with Crippen molar-refractivity contribution in [3.63, 3.8) is 0 Å². The molecule has 0 radical (unpaired) electrons. The molecule has 0 aromatic heterocycles. The summed E-state index contributed by atoms with van der Waals surface area (Å²) in [6.45, 7) is 1.47. The quantitative estimate of drug-likeness (QED) is 0.540. The van der Waals surface area contributed by atoms with Crippen LogP contribution in [0.1, 0.15) is 11.1 Å². The van der Waals surface area contributed by atoms with Gasteiger partial charge in [-0.25, -0.2) is 8.78 Å². The fourth-order valence-electron chi connectivity index (χ4n) is 2.63. The van der Waals surface area contributed by atoms with Gasteiger partial charge in [0.25, 0.3) is 5.69 Å². The summed E-state index contributed by atoms with van der Waals surface area (Å²) in [5, 5.41) is 30.4. The van der Waals surface area contributed by atoms with Gasteiger partial charge in [0.15, 0.2) is 11.6 Å². The van der Waals surface area contributed by atoms with Gasteiger partial charge in [0.1, 0.15) is 11.6 Å². The van der Waals surface area contributed by atoms with Gasteiger partial charge in [-0.2, -0.15) is 0 Å². The van der Waals surface area contributed by atoms with Crippen LogP contribution in [0, 0.1) is 21.7 Å². The van der Waals surface area contributed by atoms with Crippen molar-refractivity contribution in [2.45, 2.75) is 13.1 Å². The predicted molar refractivity (Wildman–Crippen MR) is 95.5 cm³/mol. The molecule has 0 aliphatic rings. The second-order valence-corrected chi connectivity index (χ2v) is 6.44. The average Bonchev–Trinajstić information content (AvgIpc) is 2.59. The van der Waals surface area contributed by atoms with E-state index in [2.05, 4.69) is 0 Å². The van der Waals surface area contributed by atoms with Crippen LogP contribution in [0.15, 0.2) is 30.3 Å². The Hall–Kier alpha value is -2.78. The number of non-ortho nitro benzene ring substituents is 1. The van der Waals surface area contributed by atoms with Gasteiger partial charge in [0.05, 0.1) is 4.92 Å². The van der Waals surface area contributed by atoms with Crippen molar-refractivity contribution in [2.75, 3.05) is 27.2 Å². The number of aromatic hydroxyl groups is 2. The van der Waals surface area contributed by atoms with Gasteiger partial charge >= 0.3 is 0 Å². The summed E-state index contributed by atoms with van der Waals surface area (Å²) in [4.78, 5) is 13.9. The molecule has 0 unspecified atom stereocenters. The van der Waals surface area contributed by atoms with E-state index in [1.54, 1.807) is 19.0 Å². The molecule has 0 aliphatic carbocycles. The zero-order valence-corrected chi connectivity index (χ0v) is 15.0. The molecular weight excluding hydrogens is 360 g/mol. The minimum atomic E-state index is -1.00. The number of nitro groups is 1. The Labute approximate surface area is 155 Å². The van der Waals surface area contributed by atoms with Gasteiger partial charge in [-0.05, 0) is 26.2 Å².